The average molecular weight is 507 g/mol. The zero-order valence-electron chi connectivity index (χ0n) is 20.9. The lowest BCUT2D eigenvalue weighted by Gasteiger charge is -2.31. The van der Waals surface area contributed by atoms with Crippen molar-refractivity contribution in [2.75, 3.05) is 12.3 Å². The van der Waals surface area contributed by atoms with Gasteiger partial charge in [-0.15, -0.1) is 0 Å². The monoisotopic (exact) mass is 506 g/mol. The molecule has 0 spiro atoms. The van der Waals surface area contributed by atoms with E-state index in [1.807, 2.05) is 48.5 Å². The summed E-state index contributed by atoms with van der Waals surface area (Å²) in [4.78, 5) is 28.5. The minimum absolute atomic E-state index is 0.0492. The molecular formula is C30H35FN2O2S. The summed E-state index contributed by atoms with van der Waals surface area (Å²) in [6.07, 6.45) is 2.47. The molecule has 3 aromatic rings. The van der Waals surface area contributed by atoms with E-state index in [0.29, 0.717) is 24.3 Å². The Bertz CT molecular complexity index is 1080. The van der Waals surface area contributed by atoms with E-state index in [2.05, 4.69) is 24.4 Å². The first-order valence-electron chi connectivity index (χ1n) is 12.5. The molecule has 36 heavy (non-hydrogen) atoms. The van der Waals surface area contributed by atoms with Crippen molar-refractivity contribution in [3.8, 4) is 0 Å². The van der Waals surface area contributed by atoms with Gasteiger partial charge in [-0.05, 0) is 23.6 Å². The van der Waals surface area contributed by atoms with Crippen molar-refractivity contribution in [2.45, 2.75) is 50.9 Å². The van der Waals surface area contributed by atoms with Gasteiger partial charge in [-0.25, -0.2) is 4.39 Å². The van der Waals surface area contributed by atoms with Crippen LogP contribution in [0.2, 0.25) is 0 Å². The summed E-state index contributed by atoms with van der Waals surface area (Å²) in [5.41, 5.74) is 2.57. The fourth-order valence-corrected chi connectivity index (χ4v) is 4.83. The molecule has 0 aliphatic heterocycles. The molecule has 0 fully saturated rings. The van der Waals surface area contributed by atoms with Gasteiger partial charge in [0.15, 0.2) is 0 Å². The second-order valence-electron chi connectivity index (χ2n) is 8.75. The number of carbonyl (C=O) groups is 2. The van der Waals surface area contributed by atoms with Crippen LogP contribution in [0.3, 0.4) is 0 Å². The van der Waals surface area contributed by atoms with Gasteiger partial charge in [-0.2, -0.15) is 11.8 Å². The molecular weight excluding hydrogens is 471 g/mol. The second kappa shape index (κ2) is 15.1. The third-order valence-electron chi connectivity index (χ3n) is 5.97. The van der Waals surface area contributed by atoms with Gasteiger partial charge in [-0.1, -0.05) is 92.2 Å². The van der Waals surface area contributed by atoms with Gasteiger partial charge in [0.05, 0.1) is 0 Å². The van der Waals surface area contributed by atoms with Crippen LogP contribution in [0.15, 0.2) is 84.9 Å². The number of rotatable bonds is 14. The number of carbonyl (C=O) groups excluding carboxylic acids is 2. The molecule has 0 saturated heterocycles. The maximum absolute atomic E-state index is 14.6. The molecule has 2 amide bonds. The molecule has 3 aromatic carbocycles. The number of thioether (sulfide) groups is 1. The van der Waals surface area contributed by atoms with Crippen molar-refractivity contribution in [2.24, 2.45) is 0 Å². The van der Waals surface area contributed by atoms with E-state index < -0.39 is 6.04 Å². The molecule has 1 N–H and O–H groups in total. The van der Waals surface area contributed by atoms with Crippen LogP contribution in [0.4, 0.5) is 4.39 Å². The fourth-order valence-electron chi connectivity index (χ4n) is 3.94. The van der Waals surface area contributed by atoms with Crippen LogP contribution in [0.1, 0.15) is 42.9 Å². The minimum atomic E-state index is -0.726. The van der Waals surface area contributed by atoms with Crippen molar-refractivity contribution in [1.29, 1.82) is 0 Å². The van der Waals surface area contributed by atoms with Gasteiger partial charge in [0, 0.05) is 43.0 Å². The number of nitrogens with zero attached hydrogens (tertiary/aromatic N) is 1. The van der Waals surface area contributed by atoms with Crippen LogP contribution in [0.5, 0.6) is 0 Å². The molecule has 0 radical (unpaired) electrons. The van der Waals surface area contributed by atoms with Gasteiger partial charge in [0.25, 0.3) is 0 Å². The van der Waals surface area contributed by atoms with E-state index in [1.54, 1.807) is 34.9 Å². The molecule has 190 valence electrons. The zero-order valence-corrected chi connectivity index (χ0v) is 21.7. The summed E-state index contributed by atoms with van der Waals surface area (Å²) in [5, 5.41) is 3.00. The highest BCUT2D eigenvalue weighted by Crippen LogP contribution is 2.19. The number of unbranched alkanes of at least 4 members (excludes halogenated alkanes) is 1. The van der Waals surface area contributed by atoms with Gasteiger partial charge in [0.1, 0.15) is 11.9 Å². The SMILES string of the molecule is CCCCNC(=O)C(Cc1ccccc1)N(Cc1ccccc1F)C(=O)CCSCc1ccccc1. The molecule has 0 heterocycles. The summed E-state index contributed by atoms with van der Waals surface area (Å²) in [6.45, 7) is 2.66. The lowest BCUT2D eigenvalue weighted by Crippen LogP contribution is -2.50. The molecule has 3 rings (SSSR count). The van der Waals surface area contributed by atoms with Crippen molar-refractivity contribution in [3.63, 3.8) is 0 Å². The molecule has 1 atom stereocenters. The average Bonchev–Trinajstić information content (AvgIpc) is 2.91. The Hall–Kier alpha value is -3.12. The smallest absolute Gasteiger partial charge is 0.243 e. The van der Waals surface area contributed by atoms with Gasteiger partial charge in [0.2, 0.25) is 11.8 Å². The second-order valence-corrected chi connectivity index (χ2v) is 9.86. The van der Waals surface area contributed by atoms with Crippen LogP contribution in [0, 0.1) is 5.82 Å². The molecule has 6 heteroatoms. The summed E-state index contributed by atoms with van der Waals surface area (Å²) >= 11 is 1.68. The first-order chi connectivity index (χ1) is 17.6. The molecule has 0 aromatic heterocycles. The van der Waals surface area contributed by atoms with E-state index in [4.69, 9.17) is 0 Å². The number of halogens is 1. The fraction of sp³-hybridized carbons (Fsp3) is 0.333. The van der Waals surface area contributed by atoms with Crippen molar-refractivity contribution in [3.05, 3.63) is 107 Å². The van der Waals surface area contributed by atoms with Gasteiger partial charge < -0.3 is 10.2 Å². The maximum atomic E-state index is 14.6. The predicted octanol–water partition coefficient (Wildman–Crippen LogP) is 6.01. The lowest BCUT2D eigenvalue weighted by atomic mass is 10.0. The molecule has 4 nitrogen and oxygen atoms in total. The number of hydrogen-bond acceptors (Lipinski definition) is 3. The molecule has 1 unspecified atom stereocenters. The first kappa shape index (κ1) is 27.5. The minimum Gasteiger partial charge on any atom is -0.354 e. The van der Waals surface area contributed by atoms with Gasteiger partial charge in [-0.3, -0.25) is 9.59 Å². The predicted molar refractivity (Wildman–Crippen MR) is 146 cm³/mol. The van der Waals surface area contributed by atoms with Gasteiger partial charge >= 0.3 is 0 Å². The molecule has 0 saturated carbocycles. The van der Waals surface area contributed by atoms with E-state index in [-0.39, 0.29) is 30.6 Å². The Morgan fingerprint density at radius 2 is 1.56 bits per heavy atom. The Labute approximate surface area is 218 Å². The summed E-state index contributed by atoms with van der Waals surface area (Å²) in [7, 11) is 0. The highest BCUT2D eigenvalue weighted by Gasteiger charge is 2.30. The summed E-state index contributed by atoms with van der Waals surface area (Å²) < 4.78 is 14.6. The number of benzene rings is 3. The normalized spacial score (nSPS) is 11.6. The molecule has 0 bridgehead atoms. The first-order valence-corrected chi connectivity index (χ1v) is 13.7. The molecule has 0 aliphatic rings. The summed E-state index contributed by atoms with van der Waals surface area (Å²) in [6, 6.07) is 25.5. The van der Waals surface area contributed by atoms with Crippen LogP contribution >= 0.6 is 11.8 Å². The summed E-state index contributed by atoms with van der Waals surface area (Å²) in [5.74, 6) is 0.710. The van der Waals surface area contributed by atoms with E-state index in [1.165, 1.54) is 11.6 Å². The Morgan fingerprint density at radius 1 is 0.917 bits per heavy atom. The Balaban J connectivity index is 1.79. The topological polar surface area (TPSA) is 49.4 Å². The third-order valence-corrected chi connectivity index (χ3v) is 7.00. The Kier molecular flexibility index (Phi) is 11.5. The standard InChI is InChI=1S/C30H35FN2O2S/c1-2-3-19-32-30(35)28(21-24-12-6-4-7-13-24)33(22-26-16-10-11-17-27(26)31)29(34)18-20-36-23-25-14-8-5-9-15-25/h4-17,28H,2-3,18-23H2,1H3,(H,32,35). The lowest BCUT2D eigenvalue weighted by molar-refractivity contribution is -0.141. The van der Waals surface area contributed by atoms with E-state index in [9.17, 15) is 14.0 Å². The number of amides is 2. The Morgan fingerprint density at radius 3 is 2.22 bits per heavy atom. The third kappa shape index (κ3) is 8.83. The maximum Gasteiger partial charge on any atom is 0.243 e. The van der Waals surface area contributed by atoms with E-state index >= 15 is 0 Å². The van der Waals surface area contributed by atoms with Crippen LogP contribution in [-0.4, -0.2) is 35.1 Å². The van der Waals surface area contributed by atoms with Crippen LogP contribution < -0.4 is 5.32 Å². The highest BCUT2D eigenvalue weighted by atomic mass is 32.2. The number of nitrogens with one attached hydrogen (secondary N) is 1. The quantitative estimate of drug-likeness (QED) is 0.273. The largest absolute Gasteiger partial charge is 0.354 e. The van der Waals surface area contributed by atoms with Crippen molar-refractivity contribution in [1.82, 2.24) is 10.2 Å². The highest BCUT2D eigenvalue weighted by molar-refractivity contribution is 7.98. The molecule has 0 aliphatic carbocycles. The van der Waals surface area contributed by atoms with Crippen molar-refractivity contribution < 1.29 is 14.0 Å². The van der Waals surface area contributed by atoms with E-state index in [0.717, 1.165) is 24.2 Å². The van der Waals surface area contributed by atoms with Crippen molar-refractivity contribution >= 4 is 23.6 Å². The van der Waals surface area contributed by atoms with Crippen LogP contribution in [-0.2, 0) is 28.3 Å². The van der Waals surface area contributed by atoms with Crippen LogP contribution in [0.25, 0.3) is 0 Å². The zero-order chi connectivity index (χ0) is 25.6. The number of hydrogen-bond donors (Lipinski definition) is 1.